The fourth-order valence-electron chi connectivity index (χ4n) is 4.14. The Balaban J connectivity index is 1.45. The molecule has 35 heavy (non-hydrogen) atoms. The summed E-state index contributed by atoms with van der Waals surface area (Å²) in [5.74, 6) is -0.721. The molecule has 9 heteroatoms. The molecule has 2 heterocycles. The molecule has 4 rings (SSSR count). The summed E-state index contributed by atoms with van der Waals surface area (Å²) < 4.78 is 46.9. The summed E-state index contributed by atoms with van der Waals surface area (Å²) in [6.45, 7) is 5.72. The van der Waals surface area contributed by atoms with Gasteiger partial charge in [-0.2, -0.15) is 4.31 Å². The van der Waals surface area contributed by atoms with Crippen LogP contribution >= 0.6 is 0 Å². The highest BCUT2D eigenvalue weighted by Gasteiger charge is 2.36. The molecule has 0 bridgehead atoms. The third kappa shape index (κ3) is 5.52. The summed E-state index contributed by atoms with van der Waals surface area (Å²) in [5, 5.41) is 6.72. The van der Waals surface area contributed by atoms with Crippen molar-refractivity contribution in [3.8, 4) is 0 Å². The van der Waals surface area contributed by atoms with E-state index in [0.29, 0.717) is 29.8 Å². The van der Waals surface area contributed by atoms with Gasteiger partial charge in [0.1, 0.15) is 11.5 Å². The van der Waals surface area contributed by atoms with Crippen molar-refractivity contribution in [2.24, 2.45) is 5.92 Å². The number of amides is 1. The maximum Gasteiger partial charge on any atom is 0.248 e. The first-order valence-electron chi connectivity index (χ1n) is 11.4. The molecule has 0 aliphatic carbocycles. The van der Waals surface area contributed by atoms with Crippen molar-refractivity contribution in [3.63, 3.8) is 0 Å². The number of hydrogen-bond acceptors (Lipinski definition) is 5. The molecule has 184 valence electrons. The molecule has 1 fully saturated rings. The first-order chi connectivity index (χ1) is 16.6. The SMILES string of the molecule is Cc1ccc(/C=C/c2onc(C)c2S(=O)(=O)N2CCC(C(=O)Nc3ccc(F)cc3C)CC2)cc1. The average molecular weight is 498 g/mol. The molecule has 7 nitrogen and oxygen atoms in total. The van der Waals surface area contributed by atoms with Crippen molar-refractivity contribution >= 4 is 33.8 Å². The monoisotopic (exact) mass is 497 g/mol. The Hall–Kier alpha value is -3.30. The van der Waals surface area contributed by atoms with E-state index in [1.807, 2.05) is 31.2 Å². The molecule has 1 aromatic heterocycles. The van der Waals surface area contributed by atoms with Gasteiger partial charge in [-0.15, -0.1) is 0 Å². The van der Waals surface area contributed by atoms with Crippen molar-refractivity contribution in [2.45, 2.75) is 38.5 Å². The van der Waals surface area contributed by atoms with Gasteiger partial charge in [0.2, 0.25) is 15.9 Å². The van der Waals surface area contributed by atoms with Gasteiger partial charge >= 0.3 is 0 Å². The second-order valence-corrected chi connectivity index (χ2v) is 10.7. The van der Waals surface area contributed by atoms with E-state index in [4.69, 9.17) is 4.52 Å². The number of hydrogen-bond donors (Lipinski definition) is 1. The molecule has 3 aromatic rings. The van der Waals surface area contributed by atoms with Crippen LogP contribution in [0.25, 0.3) is 12.2 Å². The number of aryl methyl sites for hydroxylation is 3. The van der Waals surface area contributed by atoms with Crippen molar-refractivity contribution in [3.05, 3.63) is 76.4 Å². The van der Waals surface area contributed by atoms with Crippen molar-refractivity contribution in [1.82, 2.24) is 9.46 Å². The van der Waals surface area contributed by atoms with E-state index in [0.717, 1.165) is 11.1 Å². The molecule has 1 amide bonds. The van der Waals surface area contributed by atoms with Crippen LogP contribution in [0, 0.1) is 32.5 Å². The van der Waals surface area contributed by atoms with Gasteiger partial charge in [0, 0.05) is 24.7 Å². The third-order valence-corrected chi connectivity index (χ3v) is 8.26. The Morgan fingerprint density at radius 3 is 2.43 bits per heavy atom. The molecular weight excluding hydrogens is 469 g/mol. The van der Waals surface area contributed by atoms with Gasteiger partial charge in [0.05, 0.1) is 0 Å². The highest BCUT2D eigenvalue weighted by molar-refractivity contribution is 7.89. The van der Waals surface area contributed by atoms with Crippen molar-refractivity contribution in [1.29, 1.82) is 0 Å². The zero-order valence-electron chi connectivity index (χ0n) is 19.9. The van der Waals surface area contributed by atoms with Crippen LogP contribution in [-0.4, -0.2) is 36.9 Å². The van der Waals surface area contributed by atoms with Crippen LogP contribution in [-0.2, 0) is 14.8 Å². The van der Waals surface area contributed by atoms with E-state index in [1.165, 1.54) is 22.5 Å². The van der Waals surface area contributed by atoms with Gasteiger partial charge in [-0.05, 0) is 69.0 Å². The number of halogens is 1. The Labute approximate surface area is 204 Å². The lowest BCUT2D eigenvalue weighted by molar-refractivity contribution is -0.120. The van der Waals surface area contributed by atoms with Gasteiger partial charge in [-0.3, -0.25) is 4.79 Å². The maximum atomic E-state index is 13.4. The molecule has 2 aromatic carbocycles. The van der Waals surface area contributed by atoms with Crippen LogP contribution in [0.2, 0.25) is 0 Å². The predicted molar refractivity (Wildman–Crippen MR) is 133 cm³/mol. The van der Waals surface area contributed by atoms with E-state index >= 15 is 0 Å². The first-order valence-corrected chi connectivity index (χ1v) is 12.9. The normalized spacial score (nSPS) is 15.5. The Bertz CT molecular complexity index is 1360. The van der Waals surface area contributed by atoms with Gasteiger partial charge in [0.15, 0.2) is 10.7 Å². The zero-order valence-corrected chi connectivity index (χ0v) is 20.7. The summed E-state index contributed by atoms with van der Waals surface area (Å²) in [7, 11) is -3.86. The number of carbonyl (C=O) groups is 1. The van der Waals surface area contributed by atoms with E-state index in [2.05, 4.69) is 10.5 Å². The van der Waals surface area contributed by atoms with Crippen molar-refractivity contribution in [2.75, 3.05) is 18.4 Å². The maximum absolute atomic E-state index is 13.4. The Morgan fingerprint density at radius 1 is 1.09 bits per heavy atom. The molecule has 0 spiro atoms. The number of rotatable bonds is 6. The molecule has 0 unspecified atom stereocenters. The molecule has 1 aliphatic heterocycles. The number of anilines is 1. The van der Waals surface area contributed by atoms with E-state index in [-0.39, 0.29) is 41.4 Å². The van der Waals surface area contributed by atoms with Crippen LogP contribution in [0.1, 0.15) is 41.0 Å². The smallest absolute Gasteiger partial charge is 0.248 e. The summed E-state index contributed by atoms with van der Waals surface area (Å²) in [6, 6.07) is 12.0. The van der Waals surface area contributed by atoms with Gasteiger partial charge in [-0.25, -0.2) is 12.8 Å². The second-order valence-electron chi connectivity index (χ2n) is 8.83. The van der Waals surface area contributed by atoms with Gasteiger partial charge in [-0.1, -0.05) is 41.1 Å². The molecule has 0 saturated carbocycles. The number of carbonyl (C=O) groups excluding carboxylic acids is 1. The zero-order chi connectivity index (χ0) is 25.2. The fraction of sp³-hybridized carbons (Fsp3) is 0.308. The number of nitrogens with one attached hydrogen (secondary N) is 1. The van der Waals surface area contributed by atoms with Crippen LogP contribution in [0.3, 0.4) is 0 Å². The van der Waals surface area contributed by atoms with Crippen molar-refractivity contribution < 1.29 is 22.1 Å². The molecule has 1 aliphatic rings. The quantitative estimate of drug-likeness (QED) is 0.520. The Kier molecular flexibility index (Phi) is 7.18. The predicted octanol–water partition coefficient (Wildman–Crippen LogP) is 4.95. The number of aromatic nitrogens is 1. The summed E-state index contributed by atoms with van der Waals surface area (Å²) in [6.07, 6.45) is 4.16. The van der Waals surface area contributed by atoms with Crippen LogP contribution in [0.5, 0.6) is 0 Å². The number of benzene rings is 2. The minimum atomic E-state index is -3.86. The minimum absolute atomic E-state index is 0.0469. The molecular formula is C26H28FN3O4S. The van der Waals surface area contributed by atoms with Gasteiger partial charge in [0.25, 0.3) is 0 Å². The standard InChI is InChI=1S/C26H28FN3O4S/c1-17-4-6-20(7-5-17)8-11-24-25(19(3)29-34-24)35(32,33)30-14-12-21(13-15-30)26(31)28-23-10-9-22(27)16-18(23)2/h4-11,16,21H,12-15H2,1-3H3,(H,28,31)/b11-8+. The molecule has 1 N–H and O–H groups in total. The summed E-state index contributed by atoms with van der Waals surface area (Å²) >= 11 is 0. The van der Waals surface area contributed by atoms with E-state index in [1.54, 1.807) is 26.0 Å². The minimum Gasteiger partial charge on any atom is -0.355 e. The van der Waals surface area contributed by atoms with E-state index in [9.17, 15) is 17.6 Å². The highest BCUT2D eigenvalue weighted by Crippen LogP contribution is 2.30. The fourth-order valence-corrected chi connectivity index (χ4v) is 5.86. The van der Waals surface area contributed by atoms with Crippen LogP contribution in [0.15, 0.2) is 51.9 Å². The number of nitrogens with zero attached hydrogens (tertiary/aromatic N) is 2. The van der Waals surface area contributed by atoms with E-state index < -0.39 is 10.0 Å². The topological polar surface area (TPSA) is 92.5 Å². The molecule has 0 radical (unpaired) electrons. The molecule has 0 atom stereocenters. The summed E-state index contributed by atoms with van der Waals surface area (Å²) in [4.78, 5) is 12.8. The summed E-state index contributed by atoms with van der Waals surface area (Å²) in [5.41, 5.74) is 3.52. The lowest BCUT2D eigenvalue weighted by Gasteiger charge is -2.30. The number of sulfonamides is 1. The lowest BCUT2D eigenvalue weighted by atomic mass is 9.97. The Morgan fingerprint density at radius 2 is 1.77 bits per heavy atom. The van der Waals surface area contributed by atoms with Crippen LogP contribution in [0.4, 0.5) is 10.1 Å². The third-order valence-electron chi connectivity index (χ3n) is 6.21. The lowest BCUT2D eigenvalue weighted by Crippen LogP contribution is -2.41. The molecule has 1 saturated heterocycles. The number of piperidine rings is 1. The average Bonchev–Trinajstić information content (AvgIpc) is 3.21. The van der Waals surface area contributed by atoms with Gasteiger partial charge < -0.3 is 9.84 Å². The van der Waals surface area contributed by atoms with Crippen LogP contribution < -0.4 is 5.32 Å². The highest BCUT2D eigenvalue weighted by atomic mass is 32.2. The second kappa shape index (κ2) is 10.1. The first kappa shape index (κ1) is 24.8. The largest absolute Gasteiger partial charge is 0.355 e.